The van der Waals surface area contributed by atoms with Crippen LogP contribution >= 0.6 is 35.7 Å². The Morgan fingerprint density at radius 3 is 2.72 bits per heavy atom. The molecule has 3 aromatic rings. The van der Waals surface area contributed by atoms with Gasteiger partial charge in [0, 0.05) is 27.7 Å². The van der Waals surface area contributed by atoms with E-state index in [1.807, 2.05) is 32.1 Å². The molecule has 0 saturated carbocycles. The highest BCUT2D eigenvalue weighted by atomic mass is 32.2. The Morgan fingerprint density at radius 1 is 1.22 bits per heavy atom. The number of furan rings is 1. The van der Waals surface area contributed by atoms with Gasteiger partial charge in [-0.2, -0.15) is 12.6 Å². The summed E-state index contributed by atoms with van der Waals surface area (Å²) in [5, 5.41) is 1.09. The maximum atomic E-state index is 11.6. The van der Waals surface area contributed by atoms with Gasteiger partial charge < -0.3 is 9.15 Å². The van der Waals surface area contributed by atoms with Crippen LogP contribution in [0.25, 0.3) is 21.6 Å². The van der Waals surface area contributed by atoms with Gasteiger partial charge in [0.25, 0.3) is 0 Å². The van der Waals surface area contributed by atoms with Crippen LogP contribution in [0.3, 0.4) is 0 Å². The van der Waals surface area contributed by atoms with E-state index in [-0.39, 0.29) is 0 Å². The Bertz CT molecular complexity index is 1080. The molecule has 2 heterocycles. The van der Waals surface area contributed by atoms with Crippen molar-refractivity contribution in [2.75, 3.05) is 0 Å². The second kappa shape index (κ2) is 10.5. The fourth-order valence-corrected chi connectivity index (χ4v) is 6.75. The zero-order chi connectivity index (χ0) is 23.4. The molecule has 2 aromatic heterocycles. The van der Waals surface area contributed by atoms with Crippen molar-refractivity contribution < 1.29 is 13.9 Å². The molecular weight excluding hydrogens is 456 g/mol. The molecule has 0 aliphatic rings. The van der Waals surface area contributed by atoms with E-state index in [0.717, 1.165) is 28.0 Å². The summed E-state index contributed by atoms with van der Waals surface area (Å²) in [6, 6.07) is 12.7. The molecule has 0 spiro atoms. The van der Waals surface area contributed by atoms with Gasteiger partial charge in [0.15, 0.2) is 0 Å². The van der Waals surface area contributed by atoms with Crippen LogP contribution in [0.4, 0.5) is 0 Å². The molecule has 1 atom stereocenters. The quantitative estimate of drug-likeness (QED) is 0.0733. The van der Waals surface area contributed by atoms with Crippen molar-refractivity contribution in [3.8, 4) is 10.6 Å². The first kappa shape index (κ1) is 25.0. The van der Waals surface area contributed by atoms with Crippen LogP contribution in [0.2, 0.25) is 0 Å². The Balaban J connectivity index is 1.72. The number of benzene rings is 1. The van der Waals surface area contributed by atoms with Crippen LogP contribution in [0.1, 0.15) is 58.3 Å². The summed E-state index contributed by atoms with van der Waals surface area (Å²) < 4.78 is 11.3. The average molecular weight is 489 g/mol. The number of thiol groups is 1. The van der Waals surface area contributed by atoms with E-state index < -0.39 is 15.6 Å². The zero-order valence-electron chi connectivity index (χ0n) is 19.3. The molecule has 0 N–H and O–H groups in total. The lowest BCUT2D eigenvalue weighted by atomic mass is 10.0. The van der Waals surface area contributed by atoms with E-state index in [2.05, 4.69) is 49.9 Å². The number of carbonyl (C=O) groups excluding carboxylic acids is 1. The second-order valence-electron chi connectivity index (χ2n) is 8.87. The smallest absolute Gasteiger partial charge is 0.330 e. The van der Waals surface area contributed by atoms with Crippen LogP contribution < -0.4 is 0 Å². The predicted octanol–water partition coefficient (Wildman–Crippen LogP) is 8.53. The van der Waals surface area contributed by atoms with E-state index in [1.165, 1.54) is 35.1 Å². The molecule has 0 aliphatic carbocycles. The van der Waals surface area contributed by atoms with Crippen molar-refractivity contribution in [1.29, 1.82) is 0 Å². The number of thioether (sulfide) groups is 1. The molecule has 3 nitrogen and oxygen atoms in total. The van der Waals surface area contributed by atoms with Gasteiger partial charge in [-0.3, -0.25) is 0 Å². The van der Waals surface area contributed by atoms with Gasteiger partial charge >= 0.3 is 5.97 Å². The average Bonchev–Trinajstić information content (AvgIpc) is 3.32. The lowest BCUT2D eigenvalue weighted by molar-refractivity contribution is -0.150. The van der Waals surface area contributed by atoms with E-state index in [0.29, 0.717) is 6.42 Å². The number of rotatable bonds is 11. The fraction of sp³-hybridized carbons (Fsp3) is 0.423. The Kier molecular flexibility index (Phi) is 8.23. The van der Waals surface area contributed by atoms with Crippen molar-refractivity contribution in [2.45, 2.75) is 74.4 Å². The number of fused-ring (bicyclic) bond motifs is 1. The van der Waals surface area contributed by atoms with Crippen LogP contribution in [-0.2, 0) is 16.0 Å². The highest BCUT2D eigenvalue weighted by molar-refractivity contribution is 8.11. The van der Waals surface area contributed by atoms with Crippen LogP contribution in [0.15, 0.2) is 58.4 Å². The zero-order valence-corrected chi connectivity index (χ0v) is 21.8. The second-order valence-corrected chi connectivity index (χ2v) is 12.9. The minimum absolute atomic E-state index is 0.421. The van der Waals surface area contributed by atoms with Gasteiger partial charge in [-0.1, -0.05) is 26.3 Å². The number of carbonyl (C=O) groups is 1. The molecule has 6 heteroatoms. The van der Waals surface area contributed by atoms with Crippen molar-refractivity contribution >= 4 is 52.7 Å². The normalized spacial score (nSPS) is 13.8. The largest absolute Gasteiger partial charge is 0.456 e. The predicted molar refractivity (Wildman–Crippen MR) is 141 cm³/mol. The SMILES string of the molecule is C=CC(=O)OC(C)(C)CC(C)(S)Sc1ccc2cc(-c3ccc(CCCCC)s3)oc2c1. The minimum Gasteiger partial charge on any atom is -0.456 e. The first-order chi connectivity index (χ1) is 15.1. The first-order valence-electron chi connectivity index (χ1n) is 11.0. The number of thiophene rings is 1. The third kappa shape index (κ3) is 6.93. The first-order valence-corrected chi connectivity index (χ1v) is 13.1. The lowest BCUT2D eigenvalue weighted by Crippen LogP contribution is -2.34. The monoisotopic (exact) mass is 488 g/mol. The highest BCUT2D eigenvalue weighted by Gasteiger charge is 2.33. The summed E-state index contributed by atoms with van der Waals surface area (Å²) >= 11 is 8.31. The lowest BCUT2D eigenvalue weighted by Gasteiger charge is -2.33. The topological polar surface area (TPSA) is 39.4 Å². The molecule has 0 aliphatic heterocycles. The molecule has 0 amide bonds. The number of unbranched alkanes of at least 4 members (excludes halogenated alkanes) is 2. The molecule has 0 fully saturated rings. The number of esters is 1. The Morgan fingerprint density at radius 2 is 2.00 bits per heavy atom. The van der Waals surface area contributed by atoms with Gasteiger partial charge in [-0.15, -0.1) is 23.1 Å². The van der Waals surface area contributed by atoms with Crippen molar-refractivity contribution in [1.82, 2.24) is 0 Å². The third-order valence-corrected chi connectivity index (χ3v) is 7.72. The maximum Gasteiger partial charge on any atom is 0.330 e. The summed E-state index contributed by atoms with van der Waals surface area (Å²) in [5.41, 5.74) is 0.220. The minimum atomic E-state index is -0.648. The summed E-state index contributed by atoms with van der Waals surface area (Å²) in [6.45, 7) is 11.5. The standard InChI is InChI=1S/C26H32O3S3/c1-6-8-9-10-19-13-14-23(31-19)22-15-18-11-12-20(16-21(18)28-22)32-26(5,30)17-25(3,4)29-24(27)7-2/h7,11-16,30H,2,6,8-10,17H2,1,3-5H3. The molecule has 172 valence electrons. The van der Waals surface area contributed by atoms with Crippen LogP contribution in [0.5, 0.6) is 0 Å². The van der Waals surface area contributed by atoms with Gasteiger partial charge in [0.1, 0.15) is 16.9 Å². The summed E-state index contributed by atoms with van der Waals surface area (Å²) in [4.78, 5) is 15.3. The Labute approximate surface area is 205 Å². The summed E-state index contributed by atoms with van der Waals surface area (Å²) in [6.07, 6.45) is 6.66. The number of ether oxygens (including phenoxy) is 1. The molecule has 1 unspecified atom stereocenters. The van der Waals surface area contributed by atoms with Gasteiger partial charge in [-0.05, 0) is 70.0 Å². The van der Waals surface area contributed by atoms with Crippen molar-refractivity contribution in [3.63, 3.8) is 0 Å². The van der Waals surface area contributed by atoms with Gasteiger partial charge in [0.2, 0.25) is 0 Å². The third-order valence-electron chi connectivity index (χ3n) is 5.06. The number of hydrogen-bond acceptors (Lipinski definition) is 6. The fourth-order valence-electron chi connectivity index (χ4n) is 3.82. The molecule has 0 saturated heterocycles. The number of aryl methyl sites for hydroxylation is 1. The molecule has 0 radical (unpaired) electrons. The summed E-state index contributed by atoms with van der Waals surface area (Å²) in [5.74, 6) is 0.496. The van der Waals surface area contributed by atoms with Crippen LogP contribution in [0, 0.1) is 0 Å². The Hall–Kier alpha value is -1.63. The maximum absolute atomic E-state index is 11.6. The van der Waals surface area contributed by atoms with Crippen molar-refractivity contribution in [2.24, 2.45) is 0 Å². The number of hydrogen-bond donors (Lipinski definition) is 1. The van der Waals surface area contributed by atoms with E-state index in [1.54, 1.807) is 11.8 Å². The van der Waals surface area contributed by atoms with Crippen molar-refractivity contribution in [3.05, 3.63) is 53.9 Å². The molecule has 32 heavy (non-hydrogen) atoms. The van der Waals surface area contributed by atoms with E-state index in [4.69, 9.17) is 21.8 Å². The molecule has 1 aromatic carbocycles. The van der Waals surface area contributed by atoms with Gasteiger partial charge in [0.05, 0.1) is 8.96 Å². The van der Waals surface area contributed by atoms with Crippen LogP contribution in [-0.4, -0.2) is 15.6 Å². The highest BCUT2D eigenvalue weighted by Crippen LogP contribution is 2.44. The molecule has 3 rings (SSSR count). The van der Waals surface area contributed by atoms with E-state index >= 15 is 0 Å². The summed E-state index contributed by atoms with van der Waals surface area (Å²) in [7, 11) is 0. The molecule has 0 bridgehead atoms. The van der Waals surface area contributed by atoms with Gasteiger partial charge in [-0.25, -0.2) is 4.79 Å². The molecular formula is C26H32O3S3. The van der Waals surface area contributed by atoms with E-state index in [9.17, 15) is 4.79 Å².